The number of para-hydroxylation sites is 1. The summed E-state index contributed by atoms with van der Waals surface area (Å²) in [6, 6.07) is 15.7. The maximum absolute atomic E-state index is 12.1. The van der Waals surface area contributed by atoms with Gasteiger partial charge in [-0.15, -0.1) is 0 Å². The minimum atomic E-state index is -0.199. The minimum Gasteiger partial charge on any atom is -0.491 e. The number of hydrogen-bond acceptors (Lipinski definition) is 2. The zero-order valence-corrected chi connectivity index (χ0v) is 13.5. The van der Waals surface area contributed by atoms with Gasteiger partial charge < -0.3 is 15.4 Å². The van der Waals surface area contributed by atoms with Crippen molar-refractivity contribution in [3.05, 3.63) is 59.7 Å². The van der Waals surface area contributed by atoms with Crippen LogP contribution in [-0.4, -0.2) is 18.7 Å². The lowest BCUT2D eigenvalue weighted by Crippen LogP contribution is -2.44. The molecule has 2 amide bonds. The summed E-state index contributed by atoms with van der Waals surface area (Å²) in [5.41, 5.74) is 3.18. The Hall–Kier alpha value is -2.49. The first-order valence-electron chi connectivity index (χ1n) is 8.00. The van der Waals surface area contributed by atoms with Gasteiger partial charge in [0.1, 0.15) is 12.4 Å². The Morgan fingerprint density at radius 1 is 1.13 bits per heavy atom. The van der Waals surface area contributed by atoms with Gasteiger partial charge in [-0.25, -0.2) is 4.79 Å². The average Bonchev–Trinajstić information content (AvgIpc) is 2.55. The predicted octanol–water partition coefficient (Wildman–Crippen LogP) is 3.94. The van der Waals surface area contributed by atoms with E-state index in [-0.39, 0.29) is 12.1 Å². The smallest absolute Gasteiger partial charge is 0.319 e. The van der Waals surface area contributed by atoms with Crippen LogP contribution < -0.4 is 15.4 Å². The van der Waals surface area contributed by atoms with Crippen LogP contribution in [-0.2, 0) is 6.42 Å². The number of fused-ring (bicyclic) bond motifs is 1. The molecule has 23 heavy (non-hydrogen) atoms. The van der Waals surface area contributed by atoms with Crippen molar-refractivity contribution in [1.82, 2.24) is 5.32 Å². The van der Waals surface area contributed by atoms with Crippen molar-refractivity contribution in [2.24, 2.45) is 0 Å². The second-order valence-corrected chi connectivity index (χ2v) is 6.19. The van der Waals surface area contributed by atoms with Crippen molar-refractivity contribution < 1.29 is 9.53 Å². The van der Waals surface area contributed by atoms with Gasteiger partial charge in [-0.2, -0.15) is 0 Å². The fraction of sp³-hybridized carbons (Fsp3) is 0.316. The molecule has 0 radical (unpaired) electrons. The number of carbonyl (C=O) groups is 1. The standard InChI is InChI=1S/C19H22N2O2/c1-13(2)14-7-9-16(10-8-14)20-19(22)21-17-11-15-5-3-4-6-18(15)23-12-17/h3-10,13,17H,11-12H2,1-2H3,(H2,20,21,22). The van der Waals surface area contributed by atoms with Crippen molar-refractivity contribution in [3.8, 4) is 5.75 Å². The Balaban J connectivity index is 1.56. The Labute approximate surface area is 136 Å². The van der Waals surface area contributed by atoms with Crippen LogP contribution >= 0.6 is 0 Å². The van der Waals surface area contributed by atoms with E-state index in [1.165, 1.54) is 5.56 Å². The number of benzene rings is 2. The van der Waals surface area contributed by atoms with Crippen molar-refractivity contribution >= 4 is 11.7 Å². The van der Waals surface area contributed by atoms with Gasteiger partial charge >= 0.3 is 6.03 Å². The highest BCUT2D eigenvalue weighted by atomic mass is 16.5. The van der Waals surface area contributed by atoms with E-state index in [1.807, 2.05) is 48.5 Å². The van der Waals surface area contributed by atoms with Gasteiger partial charge in [0.2, 0.25) is 0 Å². The van der Waals surface area contributed by atoms with Gasteiger partial charge in [-0.1, -0.05) is 44.2 Å². The molecule has 2 N–H and O–H groups in total. The van der Waals surface area contributed by atoms with Gasteiger partial charge in [-0.3, -0.25) is 0 Å². The molecule has 4 heteroatoms. The zero-order chi connectivity index (χ0) is 16.2. The predicted molar refractivity (Wildman–Crippen MR) is 92.1 cm³/mol. The van der Waals surface area contributed by atoms with E-state index >= 15 is 0 Å². The first kappa shape index (κ1) is 15.4. The zero-order valence-electron chi connectivity index (χ0n) is 13.5. The maximum Gasteiger partial charge on any atom is 0.319 e. The Morgan fingerprint density at radius 3 is 2.61 bits per heavy atom. The quantitative estimate of drug-likeness (QED) is 0.902. The number of urea groups is 1. The lowest BCUT2D eigenvalue weighted by atomic mass is 10.0. The SMILES string of the molecule is CC(C)c1ccc(NC(=O)NC2COc3ccccc3C2)cc1. The third kappa shape index (κ3) is 3.83. The molecule has 120 valence electrons. The Bertz CT molecular complexity index is 680. The largest absolute Gasteiger partial charge is 0.491 e. The van der Waals surface area contributed by atoms with Crippen LogP contribution in [0.4, 0.5) is 10.5 Å². The summed E-state index contributed by atoms with van der Waals surface area (Å²) in [5.74, 6) is 1.40. The molecule has 1 aliphatic heterocycles. The van der Waals surface area contributed by atoms with E-state index < -0.39 is 0 Å². The van der Waals surface area contributed by atoms with E-state index in [4.69, 9.17) is 4.74 Å². The molecule has 3 rings (SSSR count). The second-order valence-electron chi connectivity index (χ2n) is 6.19. The molecule has 0 spiro atoms. The van der Waals surface area contributed by atoms with Crippen LogP contribution in [0.1, 0.15) is 30.9 Å². The fourth-order valence-corrected chi connectivity index (χ4v) is 2.72. The molecule has 4 nitrogen and oxygen atoms in total. The first-order chi connectivity index (χ1) is 11.1. The van der Waals surface area contributed by atoms with Gasteiger partial charge in [-0.05, 0) is 41.7 Å². The normalized spacial score (nSPS) is 16.4. The third-order valence-corrected chi connectivity index (χ3v) is 4.05. The molecule has 0 saturated heterocycles. The minimum absolute atomic E-state index is 0.0140. The van der Waals surface area contributed by atoms with Crippen molar-refractivity contribution in [2.45, 2.75) is 32.2 Å². The molecule has 0 aliphatic carbocycles. The molecular formula is C19H22N2O2. The van der Waals surface area contributed by atoms with Gasteiger partial charge in [0.25, 0.3) is 0 Å². The van der Waals surface area contributed by atoms with Crippen molar-refractivity contribution in [2.75, 3.05) is 11.9 Å². The number of anilines is 1. The van der Waals surface area contributed by atoms with Crippen LogP contribution in [0.5, 0.6) is 5.75 Å². The van der Waals surface area contributed by atoms with Gasteiger partial charge in [0.15, 0.2) is 0 Å². The summed E-state index contributed by atoms with van der Waals surface area (Å²) < 4.78 is 5.69. The summed E-state index contributed by atoms with van der Waals surface area (Å²) in [4.78, 5) is 12.1. The molecule has 0 aromatic heterocycles. The third-order valence-electron chi connectivity index (χ3n) is 4.05. The molecule has 2 aromatic rings. The molecule has 0 saturated carbocycles. The summed E-state index contributed by atoms with van der Waals surface area (Å²) in [7, 11) is 0. The molecule has 1 aliphatic rings. The molecule has 1 unspecified atom stereocenters. The van der Waals surface area contributed by atoms with Crippen molar-refractivity contribution in [1.29, 1.82) is 0 Å². The van der Waals surface area contributed by atoms with Gasteiger partial charge in [0, 0.05) is 5.69 Å². The van der Waals surface area contributed by atoms with Crippen LogP contribution in [0.15, 0.2) is 48.5 Å². The molecule has 0 fully saturated rings. The fourth-order valence-electron chi connectivity index (χ4n) is 2.72. The topological polar surface area (TPSA) is 50.4 Å². The highest BCUT2D eigenvalue weighted by molar-refractivity contribution is 5.89. The van der Waals surface area contributed by atoms with E-state index in [2.05, 4.69) is 24.5 Å². The number of ether oxygens (including phenoxy) is 1. The summed E-state index contributed by atoms with van der Waals surface area (Å²) in [6.07, 6.45) is 0.788. The van der Waals surface area contributed by atoms with Crippen LogP contribution in [0.25, 0.3) is 0 Å². The number of hydrogen-bond donors (Lipinski definition) is 2. The molecule has 2 aromatic carbocycles. The van der Waals surface area contributed by atoms with E-state index in [9.17, 15) is 4.79 Å². The lowest BCUT2D eigenvalue weighted by Gasteiger charge is -2.26. The highest BCUT2D eigenvalue weighted by Crippen LogP contribution is 2.24. The summed E-state index contributed by atoms with van der Waals surface area (Å²) >= 11 is 0. The molecule has 1 atom stereocenters. The number of nitrogens with one attached hydrogen (secondary N) is 2. The maximum atomic E-state index is 12.1. The lowest BCUT2D eigenvalue weighted by molar-refractivity contribution is 0.222. The second kappa shape index (κ2) is 6.73. The molecular weight excluding hydrogens is 288 g/mol. The summed E-state index contributed by atoms with van der Waals surface area (Å²) in [6.45, 7) is 4.79. The number of carbonyl (C=O) groups excluding carboxylic acids is 1. The Morgan fingerprint density at radius 2 is 1.87 bits per heavy atom. The van der Waals surface area contributed by atoms with E-state index in [0.29, 0.717) is 12.5 Å². The van der Waals surface area contributed by atoms with Crippen LogP contribution in [0.2, 0.25) is 0 Å². The van der Waals surface area contributed by atoms with Crippen molar-refractivity contribution in [3.63, 3.8) is 0 Å². The van der Waals surface area contributed by atoms with Gasteiger partial charge in [0.05, 0.1) is 6.04 Å². The first-order valence-corrected chi connectivity index (χ1v) is 8.00. The molecule has 1 heterocycles. The van der Waals surface area contributed by atoms with E-state index in [0.717, 1.165) is 23.4 Å². The Kier molecular flexibility index (Phi) is 4.51. The van der Waals surface area contributed by atoms with Crippen LogP contribution in [0, 0.1) is 0 Å². The molecule has 0 bridgehead atoms. The monoisotopic (exact) mass is 310 g/mol. The number of rotatable bonds is 3. The summed E-state index contributed by atoms with van der Waals surface area (Å²) in [5, 5.41) is 5.84. The van der Waals surface area contributed by atoms with E-state index in [1.54, 1.807) is 0 Å². The van der Waals surface area contributed by atoms with Crippen LogP contribution in [0.3, 0.4) is 0 Å². The average molecular weight is 310 g/mol. The number of amides is 2. The highest BCUT2D eigenvalue weighted by Gasteiger charge is 2.20.